The summed E-state index contributed by atoms with van der Waals surface area (Å²) in [5, 5.41) is 2.54. The zero-order chi connectivity index (χ0) is 16.2. The van der Waals surface area contributed by atoms with Gasteiger partial charge in [0.15, 0.2) is 0 Å². The minimum Gasteiger partial charge on any atom is -0.323 e. The van der Waals surface area contributed by atoms with Gasteiger partial charge < -0.3 is 10.6 Å². The van der Waals surface area contributed by atoms with E-state index in [1.807, 2.05) is 6.07 Å². The summed E-state index contributed by atoms with van der Waals surface area (Å²) >= 11 is 0. The molecule has 2 nitrogen and oxygen atoms in total. The van der Waals surface area contributed by atoms with Crippen LogP contribution < -0.4 is 5.73 Å². The number of nitrogens with zero attached hydrogens (tertiary/aromatic N) is 1. The quantitative estimate of drug-likeness (QED) is 0.766. The van der Waals surface area contributed by atoms with Crippen molar-refractivity contribution >= 4 is 10.8 Å². The lowest BCUT2D eigenvalue weighted by Gasteiger charge is -2.28. The third kappa shape index (κ3) is 3.61. The average Bonchev–Trinajstić information content (AvgIpc) is 2.59. The van der Waals surface area contributed by atoms with Crippen LogP contribution in [0.3, 0.4) is 0 Å². The largest absolute Gasteiger partial charge is 0.323 e. The standard InChI is InChI=1S/C21H24N2/c1-23(2)15-20(21(22)17-9-4-3-5-10-17)19-13-12-16-8-6-7-11-18(16)14-19/h3-14,20-21H,15,22H2,1-2H3/t20-,21+/m1/s1. The van der Waals surface area contributed by atoms with Gasteiger partial charge in [-0.2, -0.15) is 0 Å². The fourth-order valence-corrected chi connectivity index (χ4v) is 3.17. The van der Waals surface area contributed by atoms with Crippen LogP contribution in [0.5, 0.6) is 0 Å². The van der Waals surface area contributed by atoms with E-state index in [-0.39, 0.29) is 12.0 Å². The van der Waals surface area contributed by atoms with Crippen LogP contribution in [0, 0.1) is 0 Å². The minimum absolute atomic E-state index is 0.0141. The molecule has 0 unspecified atom stereocenters. The Balaban J connectivity index is 2.00. The zero-order valence-corrected chi connectivity index (χ0v) is 13.8. The van der Waals surface area contributed by atoms with Gasteiger partial charge in [0.1, 0.15) is 0 Å². The lowest BCUT2D eigenvalue weighted by molar-refractivity contribution is 0.347. The predicted molar refractivity (Wildman–Crippen MR) is 98.6 cm³/mol. The SMILES string of the molecule is CN(C)C[C@H](c1ccc2ccccc2c1)[C@@H](N)c1ccccc1. The molecule has 0 heterocycles. The smallest absolute Gasteiger partial charge is 0.0376 e. The number of nitrogens with two attached hydrogens (primary N) is 1. The van der Waals surface area contributed by atoms with E-state index in [4.69, 9.17) is 5.73 Å². The van der Waals surface area contributed by atoms with Crippen LogP contribution in [-0.2, 0) is 0 Å². The maximum absolute atomic E-state index is 6.64. The highest BCUT2D eigenvalue weighted by Gasteiger charge is 2.22. The molecule has 0 radical (unpaired) electrons. The van der Waals surface area contributed by atoms with E-state index < -0.39 is 0 Å². The van der Waals surface area contributed by atoms with Crippen LogP contribution in [0.25, 0.3) is 10.8 Å². The minimum atomic E-state index is -0.0141. The highest BCUT2D eigenvalue weighted by molar-refractivity contribution is 5.83. The molecule has 0 spiro atoms. The first-order chi connectivity index (χ1) is 11.1. The topological polar surface area (TPSA) is 29.3 Å². The van der Waals surface area contributed by atoms with Crippen molar-refractivity contribution in [2.75, 3.05) is 20.6 Å². The van der Waals surface area contributed by atoms with Crippen molar-refractivity contribution in [1.29, 1.82) is 0 Å². The van der Waals surface area contributed by atoms with Gasteiger partial charge in [-0.1, -0.05) is 72.8 Å². The van der Waals surface area contributed by atoms with E-state index in [0.29, 0.717) is 0 Å². The van der Waals surface area contributed by atoms with Crippen molar-refractivity contribution in [2.24, 2.45) is 5.73 Å². The maximum Gasteiger partial charge on any atom is 0.0376 e. The van der Waals surface area contributed by atoms with Gasteiger partial charge in [0.25, 0.3) is 0 Å². The molecule has 0 amide bonds. The van der Waals surface area contributed by atoms with Gasteiger partial charge in [0.05, 0.1) is 0 Å². The molecular weight excluding hydrogens is 280 g/mol. The first-order valence-electron chi connectivity index (χ1n) is 8.09. The highest BCUT2D eigenvalue weighted by Crippen LogP contribution is 2.31. The second kappa shape index (κ2) is 6.95. The fraction of sp³-hybridized carbons (Fsp3) is 0.238. The number of hydrogen-bond donors (Lipinski definition) is 1. The van der Waals surface area contributed by atoms with Gasteiger partial charge in [0.2, 0.25) is 0 Å². The molecule has 3 aromatic carbocycles. The Morgan fingerprint density at radius 1 is 0.783 bits per heavy atom. The summed E-state index contributed by atoms with van der Waals surface area (Å²) in [5.41, 5.74) is 9.12. The van der Waals surface area contributed by atoms with Gasteiger partial charge in [-0.05, 0) is 36.0 Å². The number of hydrogen-bond acceptors (Lipinski definition) is 2. The van der Waals surface area contributed by atoms with Gasteiger partial charge in [0, 0.05) is 18.5 Å². The summed E-state index contributed by atoms with van der Waals surface area (Å²) in [4.78, 5) is 2.21. The van der Waals surface area contributed by atoms with Crippen LogP contribution in [0.4, 0.5) is 0 Å². The van der Waals surface area contributed by atoms with E-state index in [2.05, 4.69) is 85.7 Å². The molecule has 3 rings (SSSR count). The second-order valence-corrected chi connectivity index (χ2v) is 6.41. The molecule has 23 heavy (non-hydrogen) atoms. The molecule has 118 valence electrons. The molecular formula is C21H24N2. The molecule has 2 atom stereocenters. The lowest BCUT2D eigenvalue weighted by Crippen LogP contribution is -2.29. The molecule has 2 N–H and O–H groups in total. The summed E-state index contributed by atoms with van der Waals surface area (Å²) in [7, 11) is 4.21. The van der Waals surface area contributed by atoms with E-state index in [1.54, 1.807) is 0 Å². The molecule has 3 aromatic rings. The molecule has 2 heteroatoms. The summed E-state index contributed by atoms with van der Waals surface area (Å²) < 4.78 is 0. The van der Waals surface area contributed by atoms with Crippen molar-refractivity contribution in [2.45, 2.75) is 12.0 Å². The maximum atomic E-state index is 6.64. The van der Waals surface area contributed by atoms with E-state index in [9.17, 15) is 0 Å². The molecule has 0 aliphatic carbocycles. The van der Waals surface area contributed by atoms with Crippen LogP contribution >= 0.6 is 0 Å². The predicted octanol–water partition coefficient (Wildman–Crippen LogP) is 4.19. The Labute approximate surface area is 138 Å². The van der Waals surface area contributed by atoms with E-state index in [0.717, 1.165) is 6.54 Å². The number of rotatable bonds is 5. The zero-order valence-electron chi connectivity index (χ0n) is 13.8. The van der Waals surface area contributed by atoms with Crippen molar-refractivity contribution in [3.8, 4) is 0 Å². The van der Waals surface area contributed by atoms with Gasteiger partial charge in [-0.25, -0.2) is 0 Å². The Morgan fingerprint density at radius 3 is 2.13 bits per heavy atom. The lowest BCUT2D eigenvalue weighted by atomic mass is 9.86. The summed E-state index contributed by atoms with van der Waals surface area (Å²) in [6.07, 6.45) is 0. The monoisotopic (exact) mass is 304 g/mol. The average molecular weight is 304 g/mol. The van der Waals surface area contributed by atoms with E-state index in [1.165, 1.54) is 21.9 Å². The Morgan fingerprint density at radius 2 is 1.43 bits per heavy atom. The second-order valence-electron chi connectivity index (χ2n) is 6.41. The Hall–Kier alpha value is -2.16. The highest BCUT2D eigenvalue weighted by atomic mass is 15.1. The van der Waals surface area contributed by atoms with Gasteiger partial charge >= 0.3 is 0 Å². The van der Waals surface area contributed by atoms with Crippen LogP contribution in [0.1, 0.15) is 23.1 Å². The van der Waals surface area contributed by atoms with Crippen molar-refractivity contribution in [3.63, 3.8) is 0 Å². The molecule has 0 saturated heterocycles. The number of benzene rings is 3. The first kappa shape index (κ1) is 15.7. The Kier molecular flexibility index (Phi) is 4.75. The summed E-state index contributed by atoms with van der Waals surface area (Å²) in [6.45, 7) is 0.925. The molecule has 0 aliphatic rings. The molecule has 0 bridgehead atoms. The van der Waals surface area contributed by atoms with Crippen molar-refractivity contribution in [1.82, 2.24) is 4.90 Å². The van der Waals surface area contributed by atoms with Gasteiger partial charge in [-0.15, -0.1) is 0 Å². The molecule has 0 aliphatic heterocycles. The summed E-state index contributed by atoms with van der Waals surface area (Å²) in [5.74, 6) is 0.261. The van der Waals surface area contributed by atoms with Crippen LogP contribution in [0.15, 0.2) is 72.8 Å². The van der Waals surface area contributed by atoms with Crippen molar-refractivity contribution in [3.05, 3.63) is 83.9 Å². The van der Waals surface area contributed by atoms with E-state index >= 15 is 0 Å². The van der Waals surface area contributed by atoms with Gasteiger partial charge in [-0.3, -0.25) is 0 Å². The third-order valence-corrected chi connectivity index (χ3v) is 4.38. The Bertz CT molecular complexity index is 765. The van der Waals surface area contributed by atoms with Crippen molar-refractivity contribution < 1.29 is 0 Å². The summed E-state index contributed by atoms with van der Waals surface area (Å²) in [6, 6.07) is 25.6. The number of fused-ring (bicyclic) bond motifs is 1. The third-order valence-electron chi connectivity index (χ3n) is 4.38. The normalized spacial score (nSPS) is 14.1. The molecule has 0 aromatic heterocycles. The molecule has 0 fully saturated rings. The number of likely N-dealkylation sites (N-methyl/N-ethyl adjacent to an activating group) is 1. The fourth-order valence-electron chi connectivity index (χ4n) is 3.17. The molecule has 0 saturated carbocycles. The first-order valence-corrected chi connectivity index (χ1v) is 8.09. The van der Waals surface area contributed by atoms with Crippen LogP contribution in [-0.4, -0.2) is 25.5 Å². The van der Waals surface area contributed by atoms with Crippen LogP contribution in [0.2, 0.25) is 0 Å².